The van der Waals surface area contributed by atoms with Crippen LogP contribution in [-0.2, 0) is 0 Å². The van der Waals surface area contributed by atoms with Gasteiger partial charge in [-0.15, -0.1) is 0 Å². The lowest BCUT2D eigenvalue weighted by atomic mass is 10.0. The maximum absolute atomic E-state index is 5.69. The molecule has 1 aromatic rings. The predicted octanol–water partition coefficient (Wildman–Crippen LogP) is 3.39. The van der Waals surface area contributed by atoms with Crippen molar-refractivity contribution in [1.82, 2.24) is 4.98 Å². The van der Waals surface area contributed by atoms with Crippen LogP contribution in [0.5, 0.6) is 5.88 Å². The van der Waals surface area contributed by atoms with Crippen LogP contribution in [0, 0.1) is 0 Å². The van der Waals surface area contributed by atoms with Gasteiger partial charge >= 0.3 is 0 Å². The Balaban J connectivity index is 2.08. The van der Waals surface area contributed by atoms with E-state index in [1.165, 1.54) is 19.3 Å². The molecular weight excluding hydrogens is 212 g/mol. The average molecular weight is 232 g/mol. The molecule has 0 spiro atoms. The molecule has 0 radical (unpaired) electrons. The monoisotopic (exact) mass is 232 g/mol. The summed E-state index contributed by atoms with van der Waals surface area (Å²) in [4.78, 5) is 4.28. The molecule has 3 nitrogen and oxygen atoms in total. The van der Waals surface area contributed by atoms with Gasteiger partial charge in [-0.05, 0) is 45.2 Å². The average Bonchev–Trinajstić information content (AvgIpc) is 2.32. The minimum absolute atomic E-state index is 0.146. The number of pyridine rings is 1. The van der Waals surface area contributed by atoms with Crippen LogP contribution in [0.2, 0.25) is 0 Å². The molecular formula is C14H20N2O. The van der Waals surface area contributed by atoms with E-state index < -0.39 is 0 Å². The Morgan fingerprint density at radius 2 is 2.35 bits per heavy atom. The van der Waals surface area contributed by atoms with Crippen molar-refractivity contribution in [3.8, 4) is 5.88 Å². The molecule has 0 amide bonds. The van der Waals surface area contributed by atoms with Crippen molar-refractivity contribution in [2.45, 2.75) is 45.3 Å². The highest BCUT2D eigenvalue weighted by Crippen LogP contribution is 2.24. The number of hydrogen-bond donors (Lipinski definition) is 1. The minimum atomic E-state index is 0.146. The first-order valence-electron chi connectivity index (χ1n) is 6.30. The third-order valence-corrected chi connectivity index (χ3v) is 2.71. The minimum Gasteiger partial charge on any atom is -0.473 e. The van der Waals surface area contributed by atoms with Gasteiger partial charge in [0.15, 0.2) is 0 Å². The van der Waals surface area contributed by atoms with Crippen molar-refractivity contribution < 1.29 is 4.74 Å². The standard InChI is InChI=1S/C14H20N2O/c1-11(2)17-14-13(9-6-10-15-14)16-12-7-4-3-5-8-12/h4,6-7,9-12,16H,3,5,8H2,1-2H3. The fraction of sp³-hybridized carbons (Fsp3) is 0.500. The molecule has 1 aliphatic rings. The molecule has 0 saturated heterocycles. The van der Waals surface area contributed by atoms with E-state index in [2.05, 4.69) is 22.5 Å². The van der Waals surface area contributed by atoms with E-state index in [4.69, 9.17) is 4.74 Å². The Labute approximate surface area is 103 Å². The molecule has 17 heavy (non-hydrogen) atoms. The third kappa shape index (κ3) is 3.48. The first-order valence-corrected chi connectivity index (χ1v) is 6.30. The van der Waals surface area contributed by atoms with Crippen LogP contribution in [0.4, 0.5) is 5.69 Å². The van der Waals surface area contributed by atoms with Gasteiger partial charge in [0, 0.05) is 12.2 Å². The van der Waals surface area contributed by atoms with Gasteiger partial charge in [0.1, 0.15) is 0 Å². The highest BCUT2D eigenvalue weighted by molar-refractivity contribution is 5.53. The first kappa shape index (κ1) is 12.0. The summed E-state index contributed by atoms with van der Waals surface area (Å²) < 4.78 is 5.69. The summed E-state index contributed by atoms with van der Waals surface area (Å²) in [5.74, 6) is 0.696. The van der Waals surface area contributed by atoms with Crippen LogP contribution in [0.15, 0.2) is 30.5 Å². The Bertz CT molecular complexity index is 388. The Morgan fingerprint density at radius 1 is 1.47 bits per heavy atom. The van der Waals surface area contributed by atoms with Crippen LogP contribution < -0.4 is 10.1 Å². The van der Waals surface area contributed by atoms with Crippen LogP contribution in [0.25, 0.3) is 0 Å². The quantitative estimate of drug-likeness (QED) is 0.808. The second-order valence-corrected chi connectivity index (χ2v) is 4.63. The molecule has 0 saturated carbocycles. The third-order valence-electron chi connectivity index (χ3n) is 2.71. The van der Waals surface area contributed by atoms with Gasteiger partial charge in [0.2, 0.25) is 5.88 Å². The molecule has 0 aliphatic heterocycles. The van der Waals surface area contributed by atoms with Gasteiger partial charge in [-0.2, -0.15) is 0 Å². The van der Waals surface area contributed by atoms with Gasteiger partial charge in [0.05, 0.1) is 11.8 Å². The fourth-order valence-corrected chi connectivity index (χ4v) is 1.95. The van der Waals surface area contributed by atoms with Crippen molar-refractivity contribution in [3.63, 3.8) is 0 Å². The molecule has 1 aromatic heterocycles. The van der Waals surface area contributed by atoms with E-state index in [9.17, 15) is 0 Å². The topological polar surface area (TPSA) is 34.1 Å². The molecule has 0 fully saturated rings. The van der Waals surface area contributed by atoms with Crippen LogP contribution >= 0.6 is 0 Å². The lowest BCUT2D eigenvalue weighted by Crippen LogP contribution is -2.20. The van der Waals surface area contributed by atoms with E-state index in [-0.39, 0.29) is 6.10 Å². The summed E-state index contributed by atoms with van der Waals surface area (Å²) in [6.45, 7) is 4.03. The molecule has 0 bridgehead atoms. The Morgan fingerprint density at radius 3 is 3.06 bits per heavy atom. The van der Waals surface area contributed by atoms with Crippen LogP contribution in [-0.4, -0.2) is 17.1 Å². The highest BCUT2D eigenvalue weighted by atomic mass is 16.5. The Hall–Kier alpha value is -1.51. The van der Waals surface area contributed by atoms with E-state index in [1.807, 2.05) is 26.0 Å². The maximum Gasteiger partial charge on any atom is 0.237 e. The fourth-order valence-electron chi connectivity index (χ4n) is 1.95. The number of rotatable bonds is 4. The van der Waals surface area contributed by atoms with Crippen LogP contribution in [0.1, 0.15) is 33.1 Å². The Kier molecular flexibility index (Phi) is 4.02. The molecule has 1 aliphatic carbocycles. The zero-order valence-electron chi connectivity index (χ0n) is 10.5. The van der Waals surface area contributed by atoms with Crippen molar-refractivity contribution in [2.24, 2.45) is 0 Å². The van der Waals surface area contributed by atoms with Gasteiger partial charge in [0.25, 0.3) is 0 Å². The molecule has 92 valence electrons. The SMILES string of the molecule is CC(C)Oc1ncccc1NC1C=CCCC1. The molecule has 3 heteroatoms. The molecule has 1 heterocycles. The van der Waals surface area contributed by atoms with Gasteiger partial charge in [-0.3, -0.25) is 0 Å². The summed E-state index contributed by atoms with van der Waals surface area (Å²) >= 11 is 0. The summed E-state index contributed by atoms with van der Waals surface area (Å²) in [7, 11) is 0. The molecule has 1 unspecified atom stereocenters. The zero-order valence-corrected chi connectivity index (χ0v) is 10.5. The number of hydrogen-bond acceptors (Lipinski definition) is 3. The second kappa shape index (κ2) is 5.71. The number of allylic oxidation sites excluding steroid dienone is 1. The van der Waals surface area contributed by atoms with E-state index in [0.29, 0.717) is 11.9 Å². The maximum atomic E-state index is 5.69. The molecule has 2 rings (SSSR count). The van der Waals surface area contributed by atoms with E-state index >= 15 is 0 Å². The van der Waals surface area contributed by atoms with Crippen molar-refractivity contribution >= 4 is 5.69 Å². The van der Waals surface area contributed by atoms with Gasteiger partial charge < -0.3 is 10.1 Å². The van der Waals surface area contributed by atoms with E-state index in [1.54, 1.807) is 6.20 Å². The number of nitrogens with one attached hydrogen (secondary N) is 1. The normalized spacial score (nSPS) is 19.4. The van der Waals surface area contributed by atoms with Crippen molar-refractivity contribution in [3.05, 3.63) is 30.5 Å². The smallest absolute Gasteiger partial charge is 0.237 e. The number of anilines is 1. The van der Waals surface area contributed by atoms with Crippen molar-refractivity contribution in [2.75, 3.05) is 5.32 Å². The summed E-state index contributed by atoms with van der Waals surface area (Å²) in [6, 6.07) is 4.36. The lowest BCUT2D eigenvalue weighted by molar-refractivity contribution is 0.234. The van der Waals surface area contributed by atoms with Crippen LogP contribution in [0.3, 0.4) is 0 Å². The number of ether oxygens (including phenoxy) is 1. The second-order valence-electron chi connectivity index (χ2n) is 4.63. The first-order chi connectivity index (χ1) is 8.25. The lowest BCUT2D eigenvalue weighted by Gasteiger charge is -2.21. The highest BCUT2D eigenvalue weighted by Gasteiger charge is 2.12. The van der Waals surface area contributed by atoms with E-state index in [0.717, 1.165) is 5.69 Å². The summed E-state index contributed by atoms with van der Waals surface area (Å²) in [5, 5.41) is 3.48. The zero-order chi connectivity index (χ0) is 12.1. The summed E-state index contributed by atoms with van der Waals surface area (Å²) in [5.41, 5.74) is 0.984. The molecule has 1 N–H and O–H groups in total. The van der Waals surface area contributed by atoms with Gasteiger partial charge in [-0.1, -0.05) is 12.2 Å². The largest absolute Gasteiger partial charge is 0.473 e. The number of nitrogens with zero attached hydrogens (tertiary/aromatic N) is 1. The molecule has 1 atom stereocenters. The summed E-state index contributed by atoms with van der Waals surface area (Å²) in [6.07, 6.45) is 9.99. The number of aromatic nitrogens is 1. The molecule has 0 aromatic carbocycles. The van der Waals surface area contributed by atoms with Crippen molar-refractivity contribution in [1.29, 1.82) is 0 Å². The predicted molar refractivity (Wildman–Crippen MR) is 70.4 cm³/mol. The van der Waals surface area contributed by atoms with Gasteiger partial charge in [-0.25, -0.2) is 4.98 Å².